The summed E-state index contributed by atoms with van der Waals surface area (Å²) < 4.78 is 39.8. The fourth-order valence-corrected chi connectivity index (χ4v) is 1.73. The molecule has 2 rings (SSSR count). The molecule has 0 amide bonds. The molecule has 0 aliphatic rings. The van der Waals surface area contributed by atoms with Gasteiger partial charge in [0.1, 0.15) is 5.82 Å². The Morgan fingerprint density at radius 2 is 1.89 bits per heavy atom. The zero-order chi connectivity index (χ0) is 13.5. The maximum atomic E-state index is 12.7. The van der Waals surface area contributed by atoms with Gasteiger partial charge in [-0.25, -0.2) is 4.98 Å². The Balaban J connectivity index is 2.59. The van der Waals surface area contributed by atoms with E-state index in [1.807, 2.05) is 0 Å². The van der Waals surface area contributed by atoms with Crippen molar-refractivity contribution in [3.63, 3.8) is 0 Å². The predicted molar refractivity (Wildman–Crippen MR) is 62.8 cm³/mol. The Kier molecular flexibility index (Phi) is 2.80. The molecule has 0 aliphatic carbocycles. The molecule has 0 unspecified atom stereocenters. The molecule has 1 heterocycles. The summed E-state index contributed by atoms with van der Waals surface area (Å²) in [6, 6.07) is 3.51. The quantitative estimate of drug-likeness (QED) is 0.796. The van der Waals surface area contributed by atoms with E-state index in [9.17, 15) is 13.2 Å². The van der Waals surface area contributed by atoms with E-state index < -0.39 is 11.7 Å². The van der Waals surface area contributed by atoms with Crippen molar-refractivity contribution in [3.05, 3.63) is 35.8 Å². The lowest BCUT2D eigenvalue weighted by atomic mass is 10.1. The molecule has 18 heavy (non-hydrogen) atoms. The summed E-state index contributed by atoms with van der Waals surface area (Å²) in [5.41, 5.74) is 5.86. The molecule has 0 radical (unpaired) electrons. The van der Waals surface area contributed by atoms with Gasteiger partial charge in [-0.3, -0.25) is 0 Å². The Morgan fingerprint density at radius 1 is 1.22 bits per heavy atom. The van der Waals surface area contributed by atoms with E-state index in [1.54, 1.807) is 18.5 Å². The maximum Gasteiger partial charge on any atom is 0.416 e. The summed E-state index contributed by atoms with van der Waals surface area (Å²) in [5.74, 6) is 0.723. The molecule has 1 aromatic heterocycles. The van der Waals surface area contributed by atoms with Crippen LogP contribution >= 0.6 is 0 Å². The summed E-state index contributed by atoms with van der Waals surface area (Å²) >= 11 is 0. The van der Waals surface area contributed by atoms with Crippen LogP contribution in [-0.2, 0) is 13.2 Å². The first-order valence-electron chi connectivity index (χ1n) is 5.25. The number of halogens is 3. The van der Waals surface area contributed by atoms with Crippen LogP contribution in [0.1, 0.15) is 11.4 Å². The Bertz CT molecular complexity index is 585. The molecule has 0 bridgehead atoms. The number of anilines is 1. The topological polar surface area (TPSA) is 43.8 Å². The molecule has 2 N–H and O–H groups in total. The monoisotopic (exact) mass is 255 g/mol. The minimum atomic E-state index is -4.40. The number of aryl methyl sites for hydroxylation is 1. The summed E-state index contributed by atoms with van der Waals surface area (Å²) in [5, 5.41) is 0. The number of imidazole rings is 1. The number of hydrogen-bond donors (Lipinski definition) is 1. The van der Waals surface area contributed by atoms with Crippen LogP contribution in [0.3, 0.4) is 0 Å². The molecule has 2 aromatic rings. The molecule has 0 saturated heterocycles. The van der Waals surface area contributed by atoms with E-state index in [2.05, 4.69) is 4.98 Å². The van der Waals surface area contributed by atoms with Gasteiger partial charge in [0.25, 0.3) is 0 Å². The third-order valence-corrected chi connectivity index (χ3v) is 2.80. The van der Waals surface area contributed by atoms with Crippen LogP contribution in [0.2, 0.25) is 0 Å². The van der Waals surface area contributed by atoms with Crippen LogP contribution in [0.25, 0.3) is 11.3 Å². The van der Waals surface area contributed by atoms with Crippen LogP contribution in [0.4, 0.5) is 18.9 Å². The largest absolute Gasteiger partial charge is 0.416 e. The molecule has 6 heteroatoms. The highest BCUT2D eigenvalue weighted by Crippen LogP contribution is 2.34. The molecule has 3 nitrogen and oxygen atoms in total. The van der Waals surface area contributed by atoms with Crippen molar-refractivity contribution in [2.45, 2.75) is 13.1 Å². The second-order valence-corrected chi connectivity index (χ2v) is 4.09. The van der Waals surface area contributed by atoms with Crippen molar-refractivity contribution in [2.24, 2.45) is 7.05 Å². The van der Waals surface area contributed by atoms with Gasteiger partial charge in [0.2, 0.25) is 0 Å². The molecule has 0 spiro atoms. The Hall–Kier alpha value is -1.98. The second-order valence-electron chi connectivity index (χ2n) is 4.09. The van der Waals surface area contributed by atoms with E-state index in [0.29, 0.717) is 11.3 Å². The van der Waals surface area contributed by atoms with E-state index >= 15 is 0 Å². The van der Waals surface area contributed by atoms with E-state index in [1.165, 1.54) is 12.3 Å². The van der Waals surface area contributed by atoms with Crippen molar-refractivity contribution in [2.75, 3.05) is 5.73 Å². The second kappa shape index (κ2) is 4.04. The molecule has 0 saturated carbocycles. The molecular formula is C12H12F3N3. The first-order valence-corrected chi connectivity index (χ1v) is 5.25. The number of nitrogens with two attached hydrogens (primary N) is 1. The molecule has 0 atom stereocenters. The van der Waals surface area contributed by atoms with Gasteiger partial charge in [-0.1, -0.05) is 0 Å². The standard InChI is InChI=1S/C12H12F3N3/c1-7-17-6-11(18(7)2)8-3-9(12(13,14)15)5-10(16)4-8/h3-6H,16H2,1-2H3. The molecule has 0 aliphatic heterocycles. The number of rotatable bonds is 1. The first kappa shape index (κ1) is 12.5. The maximum absolute atomic E-state index is 12.7. The predicted octanol–water partition coefficient (Wildman–Crippen LogP) is 3.00. The van der Waals surface area contributed by atoms with Crippen LogP contribution in [-0.4, -0.2) is 9.55 Å². The van der Waals surface area contributed by atoms with Crippen molar-refractivity contribution in [3.8, 4) is 11.3 Å². The van der Waals surface area contributed by atoms with Crippen molar-refractivity contribution < 1.29 is 13.2 Å². The van der Waals surface area contributed by atoms with Crippen LogP contribution < -0.4 is 5.73 Å². The summed E-state index contributed by atoms with van der Waals surface area (Å²) in [4.78, 5) is 4.05. The first-order chi connectivity index (χ1) is 8.29. The van der Waals surface area contributed by atoms with Gasteiger partial charge in [-0.05, 0) is 25.1 Å². The molecular weight excluding hydrogens is 243 g/mol. The minimum absolute atomic E-state index is 0.0821. The smallest absolute Gasteiger partial charge is 0.399 e. The fraction of sp³-hybridized carbons (Fsp3) is 0.250. The van der Waals surface area contributed by atoms with Gasteiger partial charge in [0.15, 0.2) is 0 Å². The number of aromatic nitrogens is 2. The Labute approximate surface area is 102 Å². The molecule has 96 valence electrons. The highest BCUT2D eigenvalue weighted by molar-refractivity contribution is 5.66. The van der Waals surface area contributed by atoms with Crippen molar-refractivity contribution in [1.29, 1.82) is 0 Å². The van der Waals surface area contributed by atoms with Gasteiger partial charge in [-0.2, -0.15) is 13.2 Å². The molecule has 1 aromatic carbocycles. The molecule has 0 fully saturated rings. The minimum Gasteiger partial charge on any atom is -0.399 e. The highest BCUT2D eigenvalue weighted by atomic mass is 19.4. The third kappa shape index (κ3) is 2.18. The lowest BCUT2D eigenvalue weighted by Gasteiger charge is -2.11. The van der Waals surface area contributed by atoms with Crippen LogP contribution in [0, 0.1) is 6.92 Å². The van der Waals surface area contributed by atoms with Gasteiger partial charge in [0.05, 0.1) is 17.5 Å². The number of benzene rings is 1. The van der Waals surface area contributed by atoms with E-state index in [0.717, 1.165) is 18.0 Å². The summed E-state index contributed by atoms with van der Waals surface area (Å²) in [7, 11) is 1.74. The van der Waals surface area contributed by atoms with Crippen LogP contribution in [0.15, 0.2) is 24.4 Å². The normalized spacial score (nSPS) is 11.8. The average molecular weight is 255 g/mol. The Morgan fingerprint density at radius 3 is 2.39 bits per heavy atom. The zero-order valence-electron chi connectivity index (χ0n) is 9.92. The SMILES string of the molecule is Cc1ncc(-c2cc(N)cc(C(F)(F)F)c2)n1C. The number of alkyl halides is 3. The summed E-state index contributed by atoms with van der Waals surface area (Å²) in [6.45, 7) is 1.78. The number of nitrogens with zero attached hydrogens (tertiary/aromatic N) is 2. The summed E-state index contributed by atoms with van der Waals surface area (Å²) in [6.07, 6.45) is -2.87. The van der Waals surface area contributed by atoms with E-state index in [-0.39, 0.29) is 5.69 Å². The zero-order valence-corrected chi connectivity index (χ0v) is 9.92. The fourth-order valence-electron chi connectivity index (χ4n) is 1.73. The number of nitrogen functional groups attached to an aromatic ring is 1. The van der Waals surface area contributed by atoms with Gasteiger partial charge in [-0.15, -0.1) is 0 Å². The highest BCUT2D eigenvalue weighted by Gasteiger charge is 2.31. The average Bonchev–Trinajstić information content (AvgIpc) is 2.58. The lowest BCUT2D eigenvalue weighted by molar-refractivity contribution is -0.137. The third-order valence-electron chi connectivity index (χ3n) is 2.80. The van der Waals surface area contributed by atoms with Gasteiger partial charge >= 0.3 is 6.18 Å². The van der Waals surface area contributed by atoms with Gasteiger partial charge in [0, 0.05) is 18.3 Å². The van der Waals surface area contributed by atoms with Gasteiger partial charge < -0.3 is 10.3 Å². The van der Waals surface area contributed by atoms with E-state index in [4.69, 9.17) is 5.73 Å². The van der Waals surface area contributed by atoms with Crippen LogP contribution in [0.5, 0.6) is 0 Å². The van der Waals surface area contributed by atoms with Crippen molar-refractivity contribution >= 4 is 5.69 Å². The van der Waals surface area contributed by atoms with Crippen molar-refractivity contribution in [1.82, 2.24) is 9.55 Å². The number of hydrogen-bond acceptors (Lipinski definition) is 2. The lowest BCUT2D eigenvalue weighted by Crippen LogP contribution is -2.06.